The molecular formula is C24H38N2O3Si. The number of nitrogens with one attached hydrogen (secondary N) is 1. The van der Waals surface area contributed by atoms with Crippen molar-refractivity contribution in [3.8, 4) is 0 Å². The van der Waals surface area contributed by atoms with Gasteiger partial charge < -0.3 is 14.6 Å². The van der Waals surface area contributed by atoms with Gasteiger partial charge in [-0.1, -0.05) is 57.2 Å². The van der Waals surface area contributed by atoms with Gasteiger partial charge in [0.05, 0.1) is 12.6 Å². The summed E-state index contributed by atoms with van der Waals surface area (Å²) in [5.74, 6) is -0.0725. The summed E-state index contributed by atoms with van der Waals surface area (Å²) < 4.78 is 6.41. The predicted octanol–water partition coefficient (Wildman–Crippen LogP) is 4.65. The minimum Gasteiger partial charge on any atom is -0.415 e. The lowest BCUT2D eigenvalue weighted by Crippen LogP contribution is -2.51. The Morgan fingerprint density at radius 2 is 1.90 bits per heavy atom. The van der Waals surface area contributed by atoms with E-state index in [4.69, 9.17) is 4.43 Å². The maximum atomic E-state index is 13.0. The average molecular weight is 431 g/mol. The Morgan fingerprint density at radius 3 is 2.50 bits per heavy atom. The van der Waals surface area contributed by atoms with E-state index in [0.717, 1.165) is 12.0 Å². The summed E-state index contributed by atoms with van der Waals surface area (Å²) >= 11 is 0. The highest BCUT2D eigenvalue weighted by Gasteiger charge is 2.43. The third-order valence-electron chi connectivity index (χ3n) is 6.41. The van der Waals surface area contributed by atoms with Crippen LogP contribution in [-0.4, -0.2) is 43.7 Å². The Labute approximate surface area is 183 Å². The molecule has 0 aliphatic carbocycles. The van der Waals surface area contributed by atoms with Gasteiger partial charge in [-0.05, 0) is 43.0 Å². The van der Waals surface area contributed by atoms with E-state index < -0.39 is 14.4 Å². The van der Waals surface area contributed by atoms with Crippen molar-refractivity contribution in [1.29, 1.82) is 0 Å². The molecule has 0 aromatic heterocycles. The van der Waals surface area contributed by atoms with E-state index in [1.165, 1.54) is 0 Å². The molecule has 0 spiro atoms. The molecule has 30 heavy (non-hydrogen) atoms. The Balaban J connectivity index is 2.08. The number of benzene rings is 1. The van der Waals surface area contributed by atoms with Gasteiger partial charge in [0, 0.05) is 13.0 Å². The van der Waals surface area contributed by atoms with E-state index in [1.54, 1.807) is 11.0 Å². The van der Waals surface area contributed by atoms with Gasteiger partial charge in [0.1, 0.15) is 6.04 Å². The van der Waals surface area contributed by atoms with Gasteiger partial charge in [-0.2, -0.15) is 0 Å². The first kappa shape index (κ1) is 24.3. The van der Waals surface area contributed by atoms with Gasteiger partial charge >= 0.3 is 0 Å². The molecule has 0 radical (unpaired) electrons. The summed E-state index contributed by atoms with van der Waals surface area (Å²) in [6, 6.07) is 9.35. The molecule has 1 aromatic carbocycles. The molecule has 0 unspecified atom stereocenters. The van der Waals surface area contributed by atoms with Crippen molar-refractivity contribution in [3.05, 3.63) is 48.6 Å². The van der Waals surface area contributed by atoms with Crippen molar-refractivity contribution in [2.75, 3.05) is 6.61 Å². The molecule has 1 aliphatic rings. The largest absolute Gasteiger partial charge is 0.415 e. The molecule has 2 atom stereocenters. The van der Waals surface area contributed by atoms with Crippen LogP contribution in [0.4, 0.5) is 0 Å². The minimum atomic E-state index is -1.93. The third-order valence-corrected chi connectivity index (χ3v) is 10.9. The number of amides is 2. The molecular weight excluding hydrogens is 392 g/mol. The van der Waals surface area contributed by atoms with Crippen molar-refractivity contribution in [2.24, 2.45) is 0 Å². The smallest absolute Gasteiger partial charge is 0.243 e. The summed E-state index contributed by atoms with van der Waals surface area (Å²) in [4.78, 5) is 27.7. The van der Waals surface area contributed by atoms with Crippen LogP contribution >= 0.6 is 0 Å². The highest BCUT2D eigenvalue weighted by atomic mass is 28.4. The van der Waals surface area contributed by atoms with Gasteiger partial charge in [-0.3, -0.25) is 9.59 Å². The van der Waals surface area contributed by atoms with Gasteiger partial charge in [0.2, 0.25) is 11.8 Å². The standard InChI is InChI=1S/C24H38N2O3Si/c1-7-8-14-22(27)26-20(18-29-30(5,6)24(2,3)4)15-16-21(26)23(28)25-17-19-12-10-9-11-13-19/h7,9-13,20-21H,1,8,14-18H2,2-6H3,(H,25,28)/t20-,21-/m1/s1. The third kappa shape index (κ3) is 6.29. The van der Waals surface area contributed by atoms with Gasteiger partial charge in [-0.15, -0.1) is 6.58 Å². The first-order valence-electron chi connectivity index (χ1n) is 10.9. The Morgan fingerprint density at radius 1 is 1.23 bits per heavy atom. The molecule has 0 saturated carbocycles. The van der Waals surface area contributed by atoms with Gasteiger partial charge in [-0.25, -0.2) is 0 Å². The summed E-state index contributed by atoms with van der Waals surface area (Å²) in [6.07, 6.45) is 4.20. The van der Waals surface area contributed by atoms with E-state index in [9.17, 15) is 9.59 Å². The van der Waals surface area contributed by atoms with Crippen molar-refractivity contribution in [2.45, 2.75) is 83.2 Å². The monoisotopic (exact) mass is 430 g/mol. The Kier molecular flexibility index (Phi) is 8.44. The van der Waals surface area contributed by atoms with Crippen LogP contribution in [0.25, 0.3) is 0 Å². The fourth-order valence-corrected chi connectivity index (χ4v) is 4.50. The summed E-state index contributed by atoms with van der Waals surface area (Å²) in [7, 11) is -1.93. The quantitative estimate of drug-likeness (QED) is 0.458. The van der Waals surface area contributed by atoms with Crippen LogP contribution in [0.15, 0.2) is 43.0 Å². The van der Waals surface area contributed by atoms with Crippen LogP contribution < -0.4 is 5.32 Å². The molecule has 1 aliphatic heterocycles. The Hall–Kier alpha value is -1.92. The lowest BCUT2D eigenvalue weighted by Gasteiger charge is -2.38. The maximum absolute atomic E-state index is 13.0. The molecule has 1 saturated heterocycles. The number of nitrogens with zero attached hydrogens (tertiary/aromatic N) is 1. The average Bonchev–Trinajstić information content (AvgIpc) is 3.13. The second-order valence-electron chi connectivity index (χ2n) is 9.65. The second kappa shape index (κ2) is 10.4. The van der Waals surface area contributed by atoms with E-state index in [2.05, 4.69) is 45.8 Å². The van der Waals surface area contributed by atoms with E-state index in [-0.39, 0.29) is 22.9 Å². The second-order valence-corrected chi connectivity index (χ2v) is 14.5. The minimum absolute atomic E-state index is 0.0103. The van der Waals surface area contributed by atoms with Gasteiger partial charge in [0.25, 0.3) is 0 Å². The van der Waals surface area contributed by atoms with Crippen LogP contribution in [0, 0.1) is 0 Å². The van der Waals surface area contributed by atoms with Crippen LogP contribution in [0.1, 0.15) is 52.0 Å². The van der Waals surface area contributed by atoms with Crippen LogP contribution in [0.3, 0.4) is 0 Å². The number of likely N-dealkylation sites (tertiary alicyclic amines) is 1. The van der Waals surface area contributed by atoms with Crippen molar-refractivity contribution in [3.63, 3.8) is 0 Å². The van der Waals surface area contributed by atoms with Crippen LogP contribution in [0.2, 0.25) is 18.1 Å². The number of carbonyl (C=O) groups excluding carboxylic acids is 2. The van der Waals surface area contributed by atoms with Gasteiger partial charge in [0.15, 0.2) is 8.32 Å². The number of hydrogen-bond donors (Lipinski definition) is 1. The normalized spacial score (nSPS) is 19.6. The summed E-state index contributed by atoms with van der Waals surface area (Å²) in [5, 5.41) is 3.12. The molecule has 1 heterocycles. The van der Waals surface area contributed by atoms with E-state index in [0.29, 0.717) is 32.4 Å². The fraction of sp³-hybridized carbons (Fsp3) is 0.583. The van der Waals surface area contributed by atoms with Crippen molar-refractivity contribution in [1.82, 2.24) is 10.2 Å². The molecule has 0 bridgehead atoms. The van der Waals surface area contributed by atoms with Crippen LogP contribution in [0.5, 0.6) is 0 Å². The Bertz CT molecular complexity index is 728. The number of hydrogen-bond acceptors (Lipinski definition) is 3. The molecule has 166 valence electrons. The lowest BCUT2D eigenvalue weighted by atomic mass is 10.1. The zero-order valence-corrected chi connectivity index (χ0v) is 20.2. The zero-order valence-electron chi connectivity index (χ0n) is 19.2. The molecule has 2 rings (SSSR count). The summed E-state index contributed by atoms with van der Waals surface area (Å²) in [6.45, 7) is 15.8. The zero-order chi connectivity index (χ0) is 22.4. The van der Waals surface area contributed by atoms with Crippen LogP contribution in [-0.2, 0) is 20.6 Å². The van der Waals surface area contributed by atoms with E-state index >= 15 is 0 Å². The number of rotatable bonds is 9. The summed E-state index contributed by atoms with van der Waals surface area (Å²) in [5.41, 5.74) is 1.05. The molecule has 6 heteroatoms. The first-order valence-corrected chi connectivity index (χ1v) is 13.9. The topological polar surface area (TPSA) is 58.6 Å². The van der Waals surface area contributed by atoms with E-state index in [1.807, 2.05) is 30.3 Å². The fourth-order valence-electron chi connectivity index (χ4n) is 3.46. The highest BCUT2D eigenvalue weighted by molar-refractivity contribution is 6.74. The highest BCUT2D eigenvalue weighted by Crippen LogP contribution is 2.37. The molecule has 2 amide bonds. The molecule has 1 N–H and O–H groups in total. The maximum Gasteiger partial charge on any atom is 0.243 e. The van der Waals surface area contributed by atoms with Crippen molar-refractivity contribution >= 4 is 20.1 Å². The van der Waals surface area contributed by atoms with Crippen molar-refractivity contribution < 1.29 is 14.0 Å². The molecule has 5 nitrogen and oxygen atoms in total. The molecule has 1 fully saturated rings. The first-order chi connectivity index (χ1) is 14.1. The predicted molar refractivity (Wildman–Crippen MR) is 125 cm³/mol. The lowest BCUT2D eigenvalue weighted by molar-refractivity contribution is -0.141. The number of allylic oxidation sites excluding steroid dienone is 1. The SMILES string of the molecule is C=CCCC(=O)N1[C@@H](CO[Si](C)(C)C(C)(C)C)CC[C@@H]1C(=O)NCc1ccccc1. The number of carbonyl (C=O) groups is 2. The molecule has 1 aromatic rings.